The van der Waals surface area contributed by atoms with Crippen LogP contribution in [-0.2, 0) is 0 Å². The number of hydrogen-bond acceptors (Lipinski definition) is 4. The molecule has 6 N–H and O–H groups in total. The van der Waals surface area contributed by atoms with Crippen LogP contribution < -0.4 is 22.1 Å². The summed E-state index contributed by atoms with van der Waals surface area (Å²) < 4.78 is 0. The zero-order valence-electron chi connectivity index (χ0n) is 9.72. The van der Waals surface area contributed by atoms with Crippen LogP contribution in [0.1, 0.15) is 20.8 Å². The maximum absolute atomic E-state index is 5.62. The topological polar surface area (TPSA) is 76.1 Å². The summed E-state index contributed by atoms with van der Waals surface area (Å²) in [5, 5.41) is 6.65. The Kier molecular flexibility index (Phi) is 8.08. The molecule has 0 aliphatic carbocycles. The Morgan fingerprint density at radius 3 is 1.43 bits per heavy atom. The van der Waals surface area contributed by atoms with Crippen LogP contribution in [-0.4, -0.2) is 38.3 Å². The molecular formula is C10H26N4. The first kappa shape index (κ1) is 13.8. The Morgan fingerprint density at radius 2 is 1.14 bits per heavy atom. The van der Waals surface area contributed by atoms with Crippen molar-refractivity contribution in [2.45, 2.75) is 32.9 Å². The van der Waals surface area contributed by atoms with Crippen molar-refractivity contribution in [3.63, 3.8) is 0 Å². The molecular weight excluding hydrogens is 176 g/mol. The average Bonchev–Trinajstić information content (AvgIpc) is 2.02. The van der Waals surface area contributed by atoms with E-state index >= 15 is 0 Å². The Morgan fingerprint density at radius 1 is 0.786 bits per heavy atom. The summed E-state index contributed by atoms with van der Waals surface area (Å²) in [4.78, 5) is 0. The van der Waals surface area contributed by atoms with Crippen LogP contribution in [0.3, 0.4) is 0 Å². The summed E-state index contributed by atoms with van der Waals surface area (Å²) in [6.07, 6.45) is 0. The van der Waals surface area contributed by atoms with Gasteiger partial charge >= 0.3 is 0 Å². The molecule has 2 unspecified atom stereocenters. The number of nitrogens with two attached hydrogens (primary N) is 2. The summed E-state index contributed by atoms with van der Waals surface area (Å²) in [6.45, 7) is 10.0. The minimum Gasteiger partial charge on any atom is -0.327 e. The molecule has 0 aliphatic heterocycles. The first-order valence-corrected chi connectivity index (χ1v) is 5.45. The lowest BCUT2D eigenvalue weighted by molar-refractivity contribution is 0.456. The minimum atomic E-state index is 0.235. The molecule has 0 spiro atoms. The second-order valence-corrected chi connectivity index (χ2v) is 4.38. The van der Waals surface area contributed by atoms with Crippen molar-refractivity contribution < 1.29 is 0 Å². The standard InChI is InChI=1S/C10H26N4/c1-8(4-13-6-9(2)11)5-14-7-10(3)12/h8-10,13-14H,4-7,11-12H2,1-3H3. The van der Waals surface area contributed by atoms with E-state index in [1.807, 2.05) is 13.8 Å². The van der Waals surface area contributed by atoms with E-state index < -0.39 is 0 Å². The highest BCUT2D eigenvalue weighted by Gasteiger charge is 2.02. The van der Waals surface area contributed by atoms with Crippen molar-refractivity contribution >= 4 is 0 Å². The van der Waals surface area contributed by atoms with E-state index in [-0.39, 0.29) is 12.1 Å². The van der Waals surface area contributed by atoms with Gasteiger partial charge in [-0.2, -0.15) is 0 Å². The van der Waals surface area contributed by atoms with E-state index in [1.54, 1.807) is 0 Å². The molecule has 0 rings (SSSR count). The molecule has 0 aromatic heterocycles. The predicted octanol–water partition coefficient (Wildman–Crippen LogP) is -0.504. The molecule has 0 saturated carbocycles. The van der Waals surface area contributed by atoms with Gasteiger partial charge in [0.25, 0.3) is 0 Å². The highest BCUT2D eigenvalue weighted by atomic mass is 14.9. The first-order chi connectivity index (χ1) is 6.52. The van der Waals surface area contributed by atoms with Gasteiger partial charge in [0.15, 0.2) is 0 Å². The third-order valence-electron chi connectivity index (χ3n) is 1.92. The molecule has 0 aromatic carbocycles. The van der Waals surface area contributed by atoms with Crippen LogP contribution in [0.4, 0.5) is 0 Å². The van der Waals surface area contributed by atoms with Gasteiger partial charge in [0.2, 0.25) is 0 Å². The molecule has 0 bridgehead atoms. The lowest BCUT2D eigenvalue weighted by atomic mass is 10.1. The second kappa shape index (κ2) is 8.17. The lowest BCUT2D eigenvalue weighted by Gasteiger charge is -2.15. The molecule has 14 heavy (non-hydrogen) atoms. The van der Waals surface area contributed by atoms with E-state index in [4.69, 9.17) is 11.5 Å². The monoisotopic (exact) mass is 202 g/mol. The van der Waals surface area contributed by atoms with Gasteiger partial charge in [0, 0.05) is 25.2 Å². The fraction of sp³-hybridized carbons (Fsp3) is 1.00. The highest BCUT2D eigenvalue weighted by molar-refractivity contribution is 4.65. The highest BCUT2D eigenvalue weighted by Crippen LogP contribution is 1.89. The fourth-order valence-corrected chi connectivity index (χ4v) is 1.19. The molecule has 0 aliphatic rings. The Balaban J connectivity index is 3.23. The van der Waals surface area contributed by atoms with Crippen molar-refractivity contribution in [1.82, 2.24) is 10.6 Å². The Hall–Kier alpha value is -0.160. The smallest absolute Gasteiger partial charge is 0.0136 e. The van der Waals surface area contributed by atoms with Crippen molar-refractivity contribution in [3.8, 4) is 0 Å². The summed E-state index contributed by atoms with van der Waals surface area (Å²) in [5.41, 5.74) is 11.2. The van der Waals surface area contributed by atoms with Crippen molar-refractivity contribution in [1.29, 1.82) is 0 Å². The van der Waals surface area contributed by atoms with E-state index in [2.05, 4.69) is 17.6 Å². The SMILES string of the molecule is CC(N)CNCC(C)CNCC(C)N. The maximum atomic E-state index is 5.62. The van der Waals surface area contributed by atoms with Gasteiger partial charge in [-0.3, -0.25) is 0 Å². The van der Waals surface area contributed by atoms with Gasteiger partial charge in [-0.1, -0.05) is 6.92 Å². The molecule has 0 fully saturated rings. The molecule has 0 saturated heterocycles. The number of rotatable bonds is 8. The summed E-state index contributed by atoms with van der Waals surface area (Å²) in [5.74, 6) is 0.618. The molecule has 0 heterocycles. The van der Waals surface area contributed by atoms with Gasteiger partial charge < -0.3 is 22.1 Å². The maximum Gasteiger partial charge on any atom is 0.0136 e. The molecule has 4 heteroatoms. The first-order valence-electron chi connectivity index (χ1n) is 5.45. The van der Waals surface area contributed by atoms with E-state index in [9.17, 15) is 0 Å². The predicted molar refractivity (Wildman–Crippen MR) is 62.2 cm³/mol. The van der Waals surface area contributed by atoms with Crippen LogP contribution in [0, 0.1) is 5.92 Å². The summed E-state index contributed by atoms with van der Waals surface area (Å²) in [6, 6.07) is 0.471. The normalized spacial score (nSPS) is 17.8. The number of nitrogens with one attached hydrogen (secondary N) is 2. The summed E-state index contributed by atoms with van der Waals surface area (Å²) in [7, 11) is 0. The van der Waals surface area contributed by atoms with Crippen LogP contribution in [0.25, 0.3) is 0 Å². The summed E-state index contributed by atoms with van der Waals surface area (Å²) >= 11 is 0. The van der Waals surface area contributed by atoms with Crippen molar-refractivity contribution in [2.75, 3.05) is 26.2 Å². The minimum absolute atomic E-state index is 0.235. The van der Waals surface area contributed by atoms with Gasteiger partial charge in [-0.25, -0.2) is 0 Å². The molecule has 2 atom stereocenters. The fourth-order valence-electron chi connectivity index (χ4n) is 1.19. The average molecular weight is 202 g/mol. The van der Waals surface area contributed by atoms with Gasteiger partial charge in [0.1, 0.15) is 0 Å². The van der Waals surface area contributed by atoms with E-state index in [0.717, 1.165) is 26.2 Å². The quantitative estimate of drug-likeness (QED) is 0.428. The van der Waals surface area contributed by atoms with Gasteiger partial charge in [0.05, 0.1) is 0 Å². The van der Waals surface area contributed by atoms with Crippen LogP contribution in [0.5, 0.6) is 0 Å². The molecule has 0 radical (unpaired) electrons. The largest absolute Gasteiger partial charge is 0.327 e. The van der Waals surface area contributed by atoms with Gasteiger partial charge in [-0.15, -0.1) is 0 Å². The third-order valence-corrected chi connectivity index (χ3v) is 1.92. The van der Waals surface area contributed by atoms with Crippen LogP contribution in [0.15, 0.2) is 0 Å². The van der Waals surface area contributed by atoms with E-state index in [1.165, 1.54) is 0 Å². The second-order valence-electron chi connectivity index (χ2n) is 4.38. The molecule has 0 aromatic rings. The molecule has 0 amide bonds. The zero-order valence-corrected chi connectivity index (χ0v) is 9.72. The molecule has 4 nitrogen and oxygen atoms in total. The third kappa shape index (κ3) is 9.92. The Bertz CT molecular complexity index is 111. The van der Waals surface area contributed by atoms with E-state index in [0.29, 0.717) is 5.92 Å². The molecule has 86 valence electrons. The van der Waals surface area contributed by atoms with Crippen molar-refractivity contribution in [3.05, 3.63) is 0 Å². The van der Waals surface area contributed by atoms with Crippen LogP contribution in [0.2, 0.25) is 0 Å². The number of hydrogen-bond donors (Lipinski definition) is 4. The zero-order chi connectivity index (χ0) is 11.0. The van der Waals surface area contributed by atoms with Gasteiger partial charge in [-0.05, 0) is 32.9 Å². The lowest BCUT2D eigenvalue weighted by Crippen LogP contribution is -2.38. The Labute approximate surface area is 87.8 Å². The van der Waals surface area contributed by atoms with Crippen molar-refractivity contribution in [2.24, 2.45) is 17.4 Å². The van der Waals surface area contributed by atoms with Crippen LogP contribution >= 0.6 is 0 Å².